The highest BCUT2D eigenvalue weighted by Gasteiger charge is 2.07. The van der Waals surface area contributed by atoms with Crippen molar-refractivity contribution in [2.24, 2.45) is 0 Å². The summed E-state index contributed by atoms with van der Waals surface area (Å²) in [6, 6.07) is 3.66. The lowest BCUT2D eigenvalue weighted by atomic mass is 10.2. The number of aromatic nitrogens is 4. The van der Waals surface area contributed by atoms with Gasteiger partial charge in [0.05, 0.1) is 17.3 Å². The first-order valence-corrected chi connectivity index (χ1v) is 5.49. The van der Waals surface area contributed by atoms with Crippen molar-refractivity contribution >= 4 is 27.5 Å². The molecule has 3 aromatic heterocycles. The van der Waals surface area contributed by atoms with Crippen LogP contribution in [0.4, 0.5) is 5.82 Å². The largest absolute Gasteiger partial charge is 0.383 e. The normalized spacial score (nSPS) is 10.8. The van der Waals surface area contributed by atoms with E-state index in [4.69, 9.17) is 5.73 Å². The molecule has 0 atom stereocenters. The highest BCUT2D eigenvalue weighted by atomic mass is 32.1. The molecule has 5 nitrogen and oxygen atoms in total. The van der Waals surface area contributed by atoms with E-state index >= 15 is 0 Å². The van der Waals surface area contributed by atoms with Crippen molar-refractivity contribution in [2.75, 3.05) is 5.73 Å². The van der Waals surface area contributed by atoms with E-state index in [1.807, 2.05) is 12.1 Å². The van der Waals surface area contributed by atoms with Gasteiger partial charge in [-0.05, 0) is 12.1 Å². The Kier molecular flexibility index (Phi) is 2.00. The molecule has 0 radical (unpaired) electrons. The van der Waals surface area contributed by atoms with Gasteiger partial charge in [0.2, 0.25) is 0 Å². The quantitative estimate of drug-likeness (QED) is 0.687. The summed E-state index contributed by atoms with van der Waals surface area (Å²) in [5, 5.41) is 0. The molecule has 78 valence electrons. The third-order valence-electron chi connectivity index (χ3n) is 2.17. The predicted molar refractivity (Wildman–Crippen MR) is 62.9 cm³/mol. The molecule has 16 heavy (non-hydrogen) atoms. The summed E-state index contributed by atoms with van der Waals surface area (Å²) in [5.74, 6) is 1.02. The van der Waals surface area contributed by atoms with Crippen LogP contribution in [0.15, 0.2) is 30.0 Å². The monoisotopic (exact) mass is 229 g/mol. The Morgan fingerprint density at radius 1 is 1.19 bits per heavy atom. The molecule has 0 aliphatic heterocycles. The number of anilines is 1. The molecular weight excluding hydrogens is 222 g/mol. The maximum absolute atomic E-state index is 5.77. The molecule has 3 heterocycles. The van der Waals surface area contributed by atoms with Gasteiger partial charge in [0.15, 0.2) is 5.82 Å². The average Bonchev–Trinajstić information content (AvgIpc) is 2.76. The van der Waals surface area contributed by atoms with Gasteiger partial charge in [-0.1, -0.05) is 0 Å². The Morgan fingerprint density at radius 2 is 2.12 bits per heavy atom. The number of nitrogen functional groups attached to an aromatic ring is 1. The average molecular weight is 229 g/mol. The molecule has 3 aromatic rings. The molecule has 0 saturated carbocycles. The molecule has 0 aromatic carbocycles. The smallest absolute Gasteiger partial charge is 0.164 e. The number of pyridine rings is 1. The van der Waals surface area contributed by atoms with Gasteiger partial charge in [0, 0.05) is 6.20 Å². The van der Waals surface area contributed by atoms with Crippen molar-refractivity contribution in [1.29, 1.82) is 0 Å². The van der Waals surface area contributed by atoms with Crippen LogP contribution >= 0.6 is 11.3 Å². The fourth-order valence-corrected chi connectivity index (χ4v) is 2.04. The number of nitrogens with zero attached hydrogens (tertiary/aromatic N) is 4. The van der Waals surface area contributed by atoms with Crippen molar-refractivity contribution in [2.45, 2.75) is 0 Å². The molecule has 2 N–H and O–H groups in total. The van der Waals surface area contributed by atoms with Crippen molar-refractivity contribution in [1.82, 2.24) is 19.9 Å². The standard InChI is InChI=1S/C10H7N5S/c11-8-6(2-1-3-12-8)9-13-4-7-10(15-9)16-5-14-7/h1-5H,(H2,11,12). The zero-order valence-corrected chi connectivity index (χ0v) is 8.98. The zero-order valence-electron chi connectivity index (χ0n) is 8.16. The van der Waals surface area contributed by atoms with E-state index in [9.17, 15) is 0 Å². The van der Waals surface area contributed by atoms with Crippen LogP contribution in [0.2, 0.25) is 0 Å². The van der Waals surface area contributed by atoms with Crippen molar-refractivity contribution in [3.05, 3.63) is 30.0 Å². The Bertz CT molecular complexity index is 648. The van der Waals surface area contributed by atoms with E-state index in [0.717, 1.165) is 15.9 Å². The van der Waals surface area contributed by atoms with E-state index in [-0.39, 0.29) is 0 Å². The van der Waals surface area contributed by atoms with E-state index < -0.39 is 0 Å². The van der Waals surface area contributed by atoms with E-state index in [0.29, 0.717) is 11.6 Å². The Balaban J connectivity index is 2.22. The molecule has 0 fully saturated rings. The van der Waals surface area contributed by atoms with Crippen LogP contribution < -0.4 is 5.73 Å². The molecule has 0 amide bonds. The van der Waals surface area contributed by atoms with Gasteiger partial charge in [-0.15, -0.1) is 11.3 Å². The molecule has 6 heteroatoms. The molecule has 0 aliphatic rings. The van der Waals surface area contributed by atoms with Crippen molar-refractivity contribution in [3.8, 4) is 11.4 Å². The van der Waals surface area contributed by atoms with Gasteiger partial charge in [0.25, 0.3) is 0 Å². The second-order valence-electron chi connectivity index (χ2n) is 3.17. The minimum absolute atomic E-state index is 0.436. The van der Waals surface area contributed by atoms with E-state index in [2.05, 4.69) is 19.9 Å². The topological polar surface area (TPSA) is 77.6 Å². The van der Waals surface area contributed by atoms with Gasteiger partial charge in [-0.3, -0.25) is 0 Å². The molecule has 0 aliphatic carbocycles. The number of thiazole rings is 1. The summed E-state index contributed by atoms with van der Waals surface area (Å²) >= 11 is 1.48. The first kappa shape index (κ1) is 9.17. The fourth-order valence-electron chi connectivity index (χ4n) is 1.40. The van der Waals surface area contributed by atoms with Crippen LogP contribution in [0.3, 0.4) is 0 Å². The van der Waals surface area contributed by atoms with Crippen LogP contribution in [0.1, 0.15) is 0 Å². The summed E-state index contributed by atoms with van der Waals surface area (Å²) in [4.78, 5) is 17.6. The van der Waals surface area contributed by atoms with Gasteiger partial charge in [-0.2, -0.15) is 0 Å². The fraction of sp³-hybridized carbons (Fsp3) is 0. The van der Waals surface area contributed by atoms with E-state index in [1.54, 1.807) is 17.9 Å². The number of hydrogen-bond acceptors (Lipinski definition) is 6. The van der Waals surface area contributed by atoms with Crippen LogP contribution in [0.5, 0.6) is 0 Å². The SMILES string of the molecule is Nc1ncccc1-c1ncc2ncsc2n1. The maximum Gasteiger partial charge on any atom is 0.164 e. The summed E-state index contributed by atoms with van der Waals surface area (Å²) in [6.45, 7) is 0. The number of nitrogens with two attached hydrogens (primary N) is 1. The molecule has 0 unspecified atom stereocenters. The van der Waals surface area contributed by atoms with Gasteiger partial charge >= 0.3 is 0 Å². The second kappa shape index (κ2) is 3.49. The highest BCUT2D eigenvalue weighted by Crippen LogP contribution is 2.22. The van der Waals surface area contributed by atoms with Crippen molar-refractivity contribution in [3.63, 3.8) is 0 Å². The Labute approximate surface area is 95.0 Å². The predicted octanol–water partition coefficient (Wildman–Crippen LogP) is 1.73. The van der Waals surface area contributed by atoms with E-state index in [1.165, 1.54) is 11.3 Å². The Hall–Kier alpha value is -2.08. The number of rotatable bonds is 1. The second-order valence-corrected chi connectivity index (χ2v) is 4.01. The minimum Gasteiger partial charge on any atom is -0.383 e. The highest BCUT2D eigenvalue weighted by molar-refractivity contribution is 7.16. The first-order valence-electron chi connectivity index (χ1n) is 4.62. The molecular formula is C10H7N5S. The van der Waals surface area contributed by atoms with Crippen LogP contribution in [-0.2, 0) is 0 Å². The molecule has 0 bridgehead atoms. The summed E-state index contributed by atoms with van der Waals surface area (Å²) in [7, 11) is 0. The van der Waals surface area contributed by atoms with Gasteiger partial charge in [-0.25, -0.2) is 19.9 Å². The lowest BCUT2D eigenvalue weighted by Gasteiger charge is -2.01. The molecule has 0 saturated heterocycles. The van der Waals surface area contributed by atoms with Gasteiger partial charge in [0.1, 0.15) is 16.2 Å². The Morgan fingerprint density at radius 3 is 3.00 bits per heavy atom. The first-order chi connectivity index (χ1) is 7.84. The minimum atomic E-state index is 0.436. The van der Waals surface area contributed by atoms with Crippen LogP contribution in [-0.4, -0.2) is 19.9 Å². The van der Waals surface area contributed by atoms with Crippen LogP contribution in [0, 0.1) is 0 Å². The molecule has 0 spiro atoms. The zero-order chi connectivity index (χ0) is 11.0. The van der Waals surface area contributed by atoms with Gasteiger partial charge < -0.3 is 5.73 Å². The summed E-state index contributed by atoms with van der Waals surface area (Å²) < 4.78 is 0. The maximum atomic E-state index is 5.77. The summed E-state index contributed by atoms with van der Waals surface area (Å²) in [6.07, 6.45) is 3.34. The van der Waals surface area contributed by atoms with Crippen LogP contribution in [0.25, 0.3) is 21.7 Å². The third kappa shape index (κ3) is 1.40. The van der Waals surface area contributed by atoms with Crippen molar-refractivity contribution < 1.29 is 0 Å². The molecule has 3 rings (SSSR count). The lowest BCUT2D eigenvalue weighted by Crippen LogP contribution is -1.96. The number of fused-ring (bicyclic) bond motifs is 1. The third-order valence-corrected chi connectivity index (χ3v) is 2.91. The number of hydrogen-bond donors (Lipinski definition) is 1. The summed E-state index contributed by atoms with van der Waals surface area (Å²) in [5.41, 5.74) is 9.06. The lowest BCUT2D eigenvalue weighted by molar-refractivity contribution is 1.21.